The van der Waals surface area contributed by atoms with E-state index < -0.39 is 0 Å². The summed E-state index contributed by atoms with van der Waals surface area (Å²) in [5, 5.41) is 0.472. The van der Waals surface area contributed by atoms with Crippen LogP contribution in [0.15, 0.2) is 54.6 Å². The first-order valence-corrected chi connectivity index (χ1v) is 8.92. The lowest BCUT2D eigenvalue weighted by Crippen LogP contribution is -2.32. The van der Waals surface area contributed by atoms with Crippen LogP contribution in [0.1, 0.15) is 27.6 Å². The molecule has 0 aromatic heterocycles. The lowest BCUT2D eigenvalue weighted by Gasteiger charge is -2.20. The molecule has 3 rings (SSSR count). The molecule has 0 spiro atoms. The van der Waals surface area contributed by atoms with Crippen LogP contribution in [0.25, 0.3) is 0 Å². The average Bonchev–Trinajstić information content (AvgIpc) is 2.88. The fourth-order valence-corrected chi connectivity index (χ4v) is 4.08. The number of carbonyl (C=O) groups excluding carboxylic acids is 1. The van der Waals surface area contributed by atoms with Crippen LogP contribution < -0.4 is 4.74 Å². The number of ether oxygens (including phenoxy) is 1. The van der Waals surface area contributed by atoms with Crippen LogP contribution in [-0.4, -0.2) is 36.8 Å². The molecule has 1 saturated heterocycles. The van der Waals surface area contributed by atoms with Crippen LogP contribution in [0, 0.1) is 0 Å². The summed E-state index contributed by atoms with van der Waals surface area (Å²) in [7, 11) is 1.62. The van der Waals surface area contributed by atoms with Crippen molar-refractivity contribution in [3.8, 4) is 5.75 Å². The molecule has 120 valence electrons. The number of amides is 1. The molecule has 2 aromatic carbocycles. The van der Waals surface area contributed by atoms with Crippen molar-refractivity contribution in [2.24, 2.45) is 0 Å². The largest absolute Gasteiger partial charge is 0.497 e. The van der Waals surface area contributed by atoms with Crippen LogP contribution in [0.4, 0.5) is 0 Å². The molecule has 1 amide bonds. The predicted octanol–water partition coefficient (Wildman–Crippen LogP) is 4.02. The molecule has 1 heterocycles. The second kappa shape index (κ2) is 7.55. The van der Waals surface area contributed by atoms with Crippen LogP contribution in [-0.2, 0) is 0 Å². The van der Waals surface area contributed by atoms with Crippen LogP contribution in [0.5, 0.6) is 5.75 Å². The van der Waals surface area contributed by atoms with Crippen molar-refractivity contribution in [1.82, 2.24) is 4.90 Å². The minimum Gasteiger partial charge on any atom is -0.497 e. The summed E-state index contributed by atoms with van der Waals surface area (Å²) in [5.74, 6) is 1.79. The van der Waals surface area contributed by atoms with Gasteiger partial charge in [0.25, 0.3) is 5.91 Å². The summed E-state index contributed by atoms with van der Waals surface area (Å²) in [6.45, 7) is 1.59. The van der Waals surface area contributed by atoms with Crippen molar-refractivity contribution < 1.29 is 9.53 Å². The van der Waals surface area contributed by atoms with Gasteiger partial charge in [0.05, 0.1) is 7.11 Å². The number of methoxy groups -OCH3 is 1. The van der Waals surface area contributed by atoms with Gasteiger partial charge in [-0.15, -0.1) is 0 Å². The maximum Gasteiger partial charge on any atom is 0.254 e. The molecule has 0 unspecified atom stereocenters. The SMILES string of the molecule is COc1cccc(C(=O)N2CCS[C@@H](c3ccccc3)CC2)c1. The summed E-state index contributed by atoms with van der Waals surface area (Å²) >= 11 is 1.94. The highest BCUT2D eigenvalue weighted by atomic mass is 32.2. The zero-order valence-electron chi connectivity index (χ0n) is 13.3. The quantitative estimate of drug-likeness (QED) is 0.853. The van der Waals surface area contributed by atoms with E-state index in [1.807, 2.05) is 47.0 Å². The first kappa shape index (κ1) is 15.9. The molecule has 23 heavy (non-hydrogen) atoms. The molecule has 1 aliphatic rings. The first-order chi connectivity index (χ1) is 11.3. The Balaban J connectivity index is 1.69. The summed E-state index contributed by atoms with van der Waals surface area (Å²) in [6, 6.07) is 18.0. The molecule has 0 aliphatic carbocycles. The number of rotatable bonds is 3. The van der Waals surface area contributed by atoms with Gasteiger partial charge >= 0.3 is 0 Å². The molecule has 1 aliphatic heterocycles. The summed E-state index contributed by atoms with van der Waals surface area (Å²) in [5.41, 5.74) is 2.06. The molecule has 1 fully saturated rings. The van der Waals surface area contributed by atoms with Crippen molar-refractivity contribution in [2.75, 3.05) is 26.0 Å². The Hall–Kier alpha value is -1.94. The lowest BCUT2D eigenvalue weighted by atomic mass is 10.1. The Bertz CT molecular complexity index is 659. The third-order valence-electron chi connectivity index (χ3n) is 4.12. The number of benzene rings is 2. The van der Waals surface area contributed by atoms with Gasteiger partial charge in [-0.1, -0.05) is 36.4 Å². The van der Waals surface area contributed by atoms with Crippen LogP contribution in [0.2, 0.25) is 0 Å². The van der Waals surface area contributed by atoms with Gasteiger partial charge in [0.15, 0.2) is 0 Å². The molecule has 4 heteroatoms. The van der Waals surface area contributed by atoms with Crippen LogP contribution in [0.3, 0.4) is 0 Å². The van der Waals surface area contributed by atoms with E-state index in [1.165, 1.54) is 5.56 Å². The summed E-state index contributed by atoms with van der Waals surface area (Å²) < 4.78 is 5.22. The van der Waals surface area contributed by atoms with E-state index in [-0.39, 0.29) is 5.91 Å². The third kappa shape index (κ3) is 3.88. The number of thioether (sulfide) groups is 1. The molecule has 3 nitrogen and oxygen atoms in total. The minimum atomic E-state index is 0.0956. The van der Waals surface area contributed by atoms with E-state index in [4.69, 9.17) is 4.74 Å². The zero-order chi connectivity index (χ0) is 16.1. The van der Waals surface area contributed by atoms with Crippen molar-refractivity contribution in [2.45, 2.75) is 11.7 Å². The van der Waals surface area contributed by atoms with Gasteiger partial charge in [-0.2, -0.15) is 11.8 Å². The van der Waals surface area contributed by atoms with Crippen LogP contribution >= 0.6 is 11.8 Å². The molecule has 0 N–H and O–H groups in total. The van der Waals surface area contributed by atoms with Gasteiger partial charge in [0.2, 0.25) is 0 Å². The fraction of sp³-hybridized carbons (Fsp3) is 0.316. The highest BCUT2D eigenvalue weighted by Crippen LogP contribution is 2.34. The van der Waals surface area contributed by atoms with E-state index in [0.717, 1.165) is 31.0 Å². The van der Waals surface area contributed by atoms with Gasteiger partial charge in [-0.3, -0.25) is 4.79 Å². The van der Waals surface area contributed by atoms with E-state index in [0.29, 0.717) is 10.8 Å². The molecule has 0 radical (unpaired) electrons. The minimum absolute atomic E-state index is 0.0956. The van der Waals surface area contributed by atoms with Gasteiger partial charge in [-0.05, 0) is 30.2 Å². The smallest absolute Gasteiger partial charge is 0.254 e. The highest BCUT2D eigenvalue weighted by Gasteiger charge is 2.22. The van der Waals surface area contributed by atoms with Gasteiger partial charge in [0, 0.05) is 29.7 Å². The Morgan fingerprint density at radius 3 is 2.74 bits per heavy atom. The van der Waals surface area contributed by atoms with Gasteiger partial charge in [0.1, 0.15) is 5.75 Å². The third-order valence-corrected chi connectivity index (χ3v) is 5.45. The fourth-order valence-electron chi connectivity index (χ4n) is 2.85. The Morgan fingerprint density at radius 1 is 1.13 bits per heavy atom. The highest BCUT2D eigenvalue weighted by molar-refractivity contribution is 7.99. The number of hydrogen-bond donors (Lipinski definition) is 0. The Kier molecular flexibility index (Phi) is 5.23. The zero-order valence-corrected chi connectivity index (χ0v) is 14.1. The normalized spacial score (nSPS) is 18.3. The second-order valence-corrected chi connectivity index (χ2v) is 6.89. The summed E-state index contributed by atoms with van der Waals surface area (Å²) in [6.07, 6.45) is 0.990. The molecule has 1 atom stereocenters. The second-order valence-electron chi connectivity index (χ2n) is 5.58. The van der Waals surface area contributed by atoms with E-state index in [2.05, 4.69) is 24.3 Å². The first-order valence-electron chi connectivity index (χ1n) is 7.88. The van der Waals surface area contributed by atoms with Crippen molar-refractivity contribution in [3.05, 3.63) is 65.7 Å². The predicted molar refractivity (Wildman–Crippen MR) is 95.2 cm³/mol. The van der Waals surface area contributed by atoms with E-state index in [9.17, 15) is 4.79 Å². The number of hydrogen-bond acceptors (Lipinski definition) is 3. The molecule has 0 bridgehead atoms. The molecular weight excluding hydrogens is 306 g/mol. The Morgan fingerprint density at radius 2 is 1.96 bits per heavy atom. The molecule has 2 aromatic rings. The summed E-state index contributed by atoms with van der Waals surface area (Å²) in [4.78, 5) is 14.7. The number of carbonyl (C=O) groups is 1. The van der Waals surface area contributed by atoms with E-state index in [1.54, 1.807) is 7.11 Å². The van der Waals surface area contributed by atoms with Gasteiger partial charge in [-0.25, -0.2) is 0 Å². The Labute approximate surface area is 141 Å². The topological polar surface area (TPSA) is 29.5 Å². The standard InChI is InChI=1S/C19H21NO2S/c1-22-17-9-5-8-16(14-17)19(21)20-11-10-18(23-13-12-20)15-6-3-2-4-7-15/h2-9,14,18H,10-13H2,1H3/t18-/m1/s1. The molecular formula is C19H21NO2S. The maximum absolute atomic E-state index is 12.7. The van der Waals surface area contributed by atoms with Gasteiger partial charge < -0.3 is 9.64 Å². The monoisotopic (exact) mass is 327 g/mol. The number of nitrogens with zero attached hydrogens (tertiary/aromatic N) is 1. The lowest BCUT2D eigenvalue weighted by molar-refractivity contribution is 0.0766. The molecule has 0 saturated carbocycles. The van der Waals surface area contributed by atoms with Crippen molar-refractivity contribution >= 4 is 17.7 Å². The van der Waals surface area contributed by atoms with Crippen molar-refractivity contribution in [3.63, 3.8) is 0 Å². The maximum atomic E-state index is 12.7. The van der Waals surface area contributed by atoms with E-state index >= 15 is 0 Å². The average molecular weight is 327 g/mol. The van der Waals surface area contributed by atoms with Crippen molar-refractivity contribution in [1.29, 1.82) is 0 Å².